The Morgan fingerprint density at radius 3 is 2.57 bits per heavy atom. The average molecular weight is 482 g/mol. The molecule has 5 rings (SSSR count). The summed E-state index contributed by atoms with van der Waals surface area (Å²) in [6, 6.07) is 10.4. The predicted octanol–water partition coefficient (Wildman–Crippen LogP) is 1.69. The zero-order valence-electron chi connectivity index (χ0n) is 20.3. The van der Waals surface area contributed by atoms with Gasteiger partial charge in [0.05, 0.1) is 23.9 Å². The Kier molecular flexibility index (Phi) is 6.65. The van der Waals surface area contributed by atoms with Crippen LogP contribution in [0.15, 0.2) is 30.3 Å². The molecular weight excluding hydrogens is 446 g/mol. The molecule has 1 aromatic heterocycles. The van der Waals surface area contributed by atoms with Gasteiger partial charge in [-0.25, -0.2) is 4.98 Å². The quantitative estimate of drug-likeness (QED) is 0.427. The van der Waals surface area contributed by atoms with E-state index in [1.807, 2.05) is 18.2 Å². The number of aliphatic hydroxyl groups excluding tert-OH is 2. The number of aryl methyl sites for hydroxylation is 1. The summed E-state index contributed by atoms with van der Waals surface area (Å²) in [7, 11) is 1.52. The molecule has 4 N–H and O–H groups in total. The maximum absolute atomic E-state index is 12.1. The second-order valence-corrected chi connectivity index (χ2v) is 10.2. The molecule has 2 aromatic rings. The summed E-state index contributed by atoms with van der Waals surface area (Å²) in [5.41, 5.74) is 2.39. The van der Waals surface area contributed by atoms with Crippen molar-refractivity contribution in [2.75, 3.05) is 50.2 Å². The number of amides is 1. The molecule has 9 heteroatoms. The van der Waals surface area contributed by atoms with Gasteiger partial charge in [-0.1, -0.05) is 30.3 Å². The smallest absolute Gasteiger partial charge is 0.246 e. The molecule has 188 valence electrons. The third-order valence-electron chi connectivity index (χ3n) is 7.83. The number of nitrogens with one attached hydrogen (secondary N) is 2. The minimum atomic E-state index is -0.571. The lowest BCUT2D eigenvalue weighted by Gasteiger charge is -2.42. The van der Waals surface area contributed by atoms with Gasteiger partial charge in [-0.3, -0.25) is 4.79 Å². The first kappa shape index (κ1) is 24.0. The van der Waals surface area contributed by atoms with Crippen molar-refractivity contribution in [1.82, 2.24) is 15.3 Å². The van der Waals surface area contributed by atoms with Gasteiger partial charge in [0, 0.05) is 37.7 Å². The molecule has 1 saturated carbocycles. The van der Waals surface area contributed by atoms with E-state index in [0.717, 1.165) is 56.5 Å². The maximum atomic E-state index is 12.1. The predicted molar refractivity (Wildman–Crippen MR) is 132 cm³/mol. The summed E-state index contributed by atoms with van der Waals surface area (Å²) in [6.45, 7) is 2.16. The van der Waals surface area contributed by atoms with Crippen LogP contribution in [-0.4, -0.2) is 71.6 Å². The minimum Gasteiger partial charge on any atom is -0.394 e. The largest absolute Gasteiger partial charge is 0.394 e. The summed E-state index contributed by atoms with van der Waals surface area (Å²) in [6.07, 6.45) is 4.27. The van der Waals surface area contributed by atoms with Crippen molar-refractivity contribution < 1.29 is 19.7 Å². The number of rotatable bonds is 9. The molecule has 2 aliphatic carbocycles. The summed E-state index contributed by atoms with van der Waals surface area (Å²) in [5, 5.41) is 26.9. The Hall–Kier alpha value is -2.75. The Morgan fingerprint density at radius 2 is 1.91 bits per heavy atom. The Morgan fingerprint density at radius 1 is 1.17 bits per heavy atom. The van der Waals surface area contributed by atoms with Gasteiger partial charge in [0.1, 0.15) is 12.4 Å². The molecule has 1 amide bonds. The van der Waals surface area contributed by atoms with Crippen LogP contribution in [0.1, 0.15) is 55.0 Å². The number of nitrogens with zero attached hydrogens (tertiary/aromatic N) is 3. The van der Waals surface area contributed by atoms with Gasteiger partial charge in [0.2, 0.25) is 11.9 Å². The summed E-state index contributed by atoms with van der Waals surface area (Å²) in [4.78, 5) is 24.1. The van der Waals surface area contributed by atoms with Crippen molar-refractivity contribution in [3.8, 4) is 0 Å². The number of fused-ring (bicyclic) bond motifs is 1. The minimum absolute atomic E-state index is 0.0509. The Labute approximate surface area is 205 Å². The van der Waals surface area contributed by atoms with Crippen LogP contribution in [0.3, 0.4) is 0 Å². The summed E-state index contributed by atoms with van der Waals surface area (Å²) >= 11 is 0. The molecule has 2 fully saturated rings. The second-order valence-electron chi connectivity index (χ2n) is 10.2. The average Bonchev–Trinajstić information content (AvgIpc) is 3.56. The number of anilines is 2. The first-order valence-corrected chi connectivity index (χ1v) is 12.5. The van der Waals surface area contributed by atoms with Gasteiger partial charge in [0.25, 0.3) is 0 Å². The molecular formula is C26H35N5O4. The zero-order chi connectivity index (χ0) is 24.5. The number of carbonyl (C=O) groups excluding carboxylic acids is 1. The van der Waals surface area contributed by atoms with Gasteiger partial charge in [-0.15, -0.1) is 0 Å². The van der Waals surface area contributed by atoms with Crippen LogP contribution >= 0.6 is 0 Å². The third-order valence-corrected chi connectivity index (χ3v) is 7.83. The lowest BCUT2D eigenvalue weighted by atomic mass is 9.72. The van der Waals surface area contributed by atoms with E-state index in [1.54, 1.807) is 0 Å². The number of methoxy groups -OCH3 is 1. The van der Waals surface area contributed by atoms with E-state index >= 15 is 0 Å². The number of piperidine rings is 1. The molecule has 35 heavy (non-hydrogen) atoms. The molecule has 9 nitrogen and oxygen atoms in total. The maximum Gasteiger partial charge on any atom is 0.246 e. The van der Waals surface area contributed by atoms with Crippen LogP contribution in [0.25, 0.3) is 0 Å². The fourth-order valence-electron chi connectivity index (χ4n) is 5.37. The highest BCUT2D eigenvalue weighted by Gasteiger charge is 2.44. The van der Waals surface area contributed by atoms with Crippen LogP contribution in [0, 0.1) is 0 Å². The number of aliphatic hydroxyl groups is 2. The van der Waals surface area contributed by atoms with E-state index in [9.17, 15) is 15.0 Å². The highest BCUT2D eigenvalue weighted by Crippen LogP contribution is 2.43. The summed E-state index contributed by atoms with van der Waals surface area (Å²) < 4.78 is 4.98. The van der Waals surface area contributed by atoms with Crippen molar-refractivity contribution in [1.29, 1.82) is 0 Å². The number of aromatic nitrogens is 2. The second kappa shape index (κ2) is 9.72. The van der Waals surface area contributed by atoms with E-state index < -0.39 is 6.10 Å². The Balaban J connectivity index is 1.37. The molecule has 2 heterocycles. The first-order chi connectivity index (χ1) is 17.0. The van der Waals surface area contributed by atoms with Gasteiger partial charge in [-0.2, -0.15) is 4.98 Å². The van der Waals surface area contributed by atoms with Crippen LogP contribution in [-0.2, 0) is 21.4 Å². The number of hydrogen-bond donors (Lipinski definition) is 4. The van der Waals surface area contributed by atoms with Crippen LogP contribution < -0.4 is 15.5 Å². The van der Waals surface area contributed by atoms with Crippen molar-refractivity contribution >= 4 is 17.7 Å². The lowest BCUT2D eigenvalue weighted by Crippen LogP contribution is -2.50. The van der Waals surface area contributed by atoms with E-state index in [2.05, 4.69) is 27.7 Å². The number of benzene rings is 1. The number of hydrogen-bond acceptors (Lipinski definition) is 8. The van der Waals surface area contributed by atoms with Crippen LogP contribution in [0.5, 0.6) is 0 Å². The molecule has 1 atom stereocenters. The molecule has 0 bridgehead atoms. The molecule has 0 spiro atoms. The van der Waals surface area contributed by atoms with Crippen LogP contribution in [0.2, 0.25) is 0 Å². The van der Waals surface area contributed by atoms with Gasteiger partial charge in [-0.05, 0) is 44.1 Å². The highest BCUT2D eigenvalue weighted by atomic mass is 16.5. The SMILES string of the molecule is COCC(=O)NCC1(c2ccccc2)CCN(c2nc3c(c(NC4(CO)CC4)n2)C(O)CC3)CC1. The van der Waals surface area contributed by atoms with E-state index in [-0.39, 0.29) is 30.1 Å². The van der Waals surface area contributed by atoms with Crippen molar-refractivity contribution in [2.45, 2.75) is 55.6 Å². The van der Waals surface area contributed by atoms with Gasteiger partial charge < -0.3 is 30.5 Å². The van der Waals surface area contributed by atoms with Crippen LogP contribution in [0.4, 0.5) is 11.8 Å². The topological polar surface area (TPSA) is 120 Å². The fourth-order valence-corrected chi connectivity index (χ4v) is 5.37. The fraction of sp³-hybridized carbons (Fsp3) is 0.577. The zero-order valence-corrected chi connectivity index (χ0v) is 20.3. The standard InChI is InChI=1S/C26H35N5O4/c1-35-15-21(34)27-16-25(18-5-3-2-4-6-18)11-13-31(14-12-25)24-28-19-7-8-20(33)22(19)23(29-24)30-26(17-32)9-10-26/h2-6,20,32-33H,7-17H2,1H3,(H,27,34)(H,28,29,30). The number of carbonyl (C=O) groups is 1. The Bertz CT molecular complexity index is 1050. The van der Waals surface area contributed by atoms with Crippen molar-refractivity contribution in [3.05, 3.63) is 47.2 Å². The van der Waals surface area contributed by atoms with E-state index in [4.69, 9.17) is 14.7 Å². The van der Waals surface area contributed by atoms with E-state index in [1.165, 1.54) is 12.7 Å². The lowest BCUT2D eigenvalue weighted by molar-refractivity contribution is -0.125. The van der Waals surface area contributed by atoms with Gasteiger partial charge in [0.15, 0.2) is 0 Å². The van der Waals surface area contributed by atoms with Gasteiger partial charge >= 0.3 is 0 Å². The molecule has 3 aliphatic rings. The molecule has 1 aromatic carbocycles. The van der Waals surface area contributed by atoms with Crippen molar-refractivity contribution in [3.63, 3.8) is 0 Å². The monoisotopic (exact) mass is 481 g/mol. The molecule has 1 aliphatic heterocycles. The van der Waals surface area contributed by atoms with E-state index in [0.29, 0.717) is 24.7 Å². The molecule has 0 radical (unpaired) electrons. The number of ether oxygens (including phenoxy) is 1. The molecule has 1 saturated heterocycles. The summed E-state index contributed by atoms with van der Waals surface area (Å²) in [5.74, 6) is 1.21. The molecule has 1 unspecified atom stereocenters. The first-order valence-electron chi connectivity index (χ1n) is 12.5. The van der Waals surface area contributed by atoms with Crippen molar-refractivity contribution in [2.24, 2.45) is 0 Å². The normalized spacial score (nSPS) is 21.9. The third kappa shape index (κ3) is 4.85. The highest BCUT2D eigenvalue weighted by molar-refractivity contribution is 5.77.